The van der Waals surface area contributed by atoms with E-state index < -0.39 is 8.07 Å². The lowest BCUT2D eigenvalue weighted by Gasteiger charge is -2.18. The minimum atomic E-state index is -1.66. The fourth-order valence-electron chi connectivity index (χ4n) is 2.29. The number of rotatable bonds is 4. The molecule has 3 nitrogen and oxygen atoms in total. The molecule has 2 aromatic rings. The first-order chi connectivity index (χ1) is 10.3. The summed E-state index contributed by atoms with van der Waals surface area (Å²) in [5.41, 5.74) is 1.92. The van der Waals surface area contributed by atoms with Gasteiger partial charge in [0, 0.05) is 19.0 Å². The third kappa shape index (κ3) is 3.46. The molecule has 0 unspecified atom stereocenters. The summed E-state index contributed by atoms with van der Waals surface area (Å²) in [6, 6.07) is 12.7. The minimum Gasteiger partial charge on any atom is -0.369 e. The highest BCUT2D eigenvalue weighted by Gasteiger charge is 2.29. The predicted molar refractivity (Wildman–Crippen MR) is 99.3 cm³/mol. The Balaban J connectivity index is 2.71. The van der Waals surface area contributed by atoms with E-state index in [0.717, 1.165) is 10.6 Å². The molecule has 114 valence electrons. The van der Waals surface area contributed by atoms with E-state index in [0.29, 0.717) is 0 Å². The van der Waals surface area contributed by atoms with Crippen LogP contribution in [-0.2, 0) is 0 Å². The summed E-state index contributed by atoms with van der Waals surface area (Å²) in [7, 11) is 2.20. The lowest BCUT2D eigenvalue weighted by molar-refractivity contribution is 0.643. The van der Waals surface area contributed by atoms with Gasteiger partial charge in [-0.3, -0.25) is 0 Å². The van der Waals surface area contributed by atoms with Crippen LogP contribution in [0.2, 0.25) is 19.6 Å². The molecule has 0 spiro atoms. The van der Waals surface area contributed by atoms with Crippen molar-refractivity contribution in [1.82, 2.24) is 4.90 Å². The maximum Gasteiger partial charge on any atom is 0.136 e. The summed E-state index contributed by atoms with van der Waals surface area (Å²) in [6.45, 7) is 6.84. The zero-order valence-electron chi connectivity index (χ0n) is 13.7. The topological polar surface area (TPSA) is 39.4 Å². The summed E-state index contributed by atoms with van der Waals surface area (Å²) in [5.74, 6) is 0. The van der Waals surface area contributed by atoms with Crippen LogP contribution in [0.25, 0.3) is 10.4 Å². The predicted octanol–water partition coefficient (Wildman–Crippen LogP) is 4.05. The molecule has 0 fully saturated rings. The standard InChI is InChI=1S/C17H21N3SSi/c1-20(2)12-19-17-14(11-18)16(22(3,4)5)15(21-17)13-9-7-6-8-10-13/h6-10,12H,1-5H3/b19-12-. The molecular weight excluding hydrogens is 306 g/mol. The van der Waals surface area contributed by atoms with Crippen LogP contribution >= 0.6 is 11.3 Å². The van der Waals surface area contributed by atoms with Gasteiger partial charge in [-0.1, -0.05) is 50.0 Å². The molecule has 0 amide bonds. The molecule has 0 bridgehead atoms. The van der Waals surface area contributed by atoms with E-state index >= 15 is 0 Å². The van der Waals surface area contributed by atoms with Gasteiger partial charge >= 0.3 is 0 Å². The molecule has 0 aliphatic rings. The van der Waals surface area contributed by atoms with E-state index in [1.807, 2.05) is 37.2 Å². The van der Waals surface area contributed by atoms with Crippen molar-refractivity contribution in [1.29, 1.82) is 5.26 Å². The summed E-state index contributed by atoms with van der Waals surface area (Å²) < 4.78 is 0. The molecule has 5 heteroatoms. The van der Waals surface area contributed by atoms with E-state index in [9.17, 15) is 5.26 Å². The van der Waals surface area contributed by atoms with Crippen molar-refractivity contribution in [3.63, 3.8) is 0 Å². The average molecular weight is 328 g/mol. The lowest BCUT2D eigenvalue weighted by Crippen LogP contribution is -2.39. The van der Waals surface area contributed by atoms with E-state index in [2.05, 4.69) is 42.8 Å². The highest BCUT2D eigenvalue weighted by Crippen LogP contribution is 2.37. The van der Waals surface area contributed by atoms with Gasteiger partial charge in [0.05, 0.1) is 20.0 Å². The quantitative estimate of drug-likeness (QED) is 0.483. The number of nitrogens with zero attached hydrogens (tertiary/aromatic N) is 3. The zero-order chi connectivity index (χ0) is 16.3. The summed E-state index contributed by atoms with van der Waals surface area (Å²) in [6.07, 6.45) is 1.76. The van der Waals surface area contributed by atoms with Crippen LogP contribution in [0.4, 0.5) is 5.00 Å². The van der Waals surface area contributed by atoms with Crippen LogP contribution in [0.3, 0.4) is 0 Å². The molecular formula is C17H21N3SSi. The Bertz CT molecular complexity index is 719. The van der Waals surface area contributed by atoms with Crippen LogP contribution in [-0.4, -0.2) is 33.4 Å². The van der Waals surface area contributed by atoms with Crippen molar-refractivity contribution in [3.8, 4) is 16.5 Å². The third-order valence-corrected chi connectivity index (χ3v) is 6.52. The van der Waals surface area contributed by atoms with Gasteiger partial charge in [-0.2, -0.15) is 5.26 Å². The maximum absolute atomic E-state index is 9.68. The Morgan fingerprint density at radius 1 is 1.18 bits per heavy atom. The molecule has 0 radical (unpaired) electrons. The van der Waals surface area contributed by atoms with Crippen molar-refractivity contribution in [2.24, 2.45) is 4.99 Å². The number of thiophene rings is 1. The fraction of sp³-hybridized carbons (Fsp3) is 0.294. The summed E-state index contributed by atoms with van der Waals surface area (Å²) >= 11 is 1.62. The smallest absolute Gasteiger partial charge is 0.136 e. The molecule has 2 rings (SSSR count). The van der Waals surface area contributed by atoms with Crippen molar-refractivity contribution >= 4 is 35.9 Å². The second-order valence-corrected chi connectivity index (χ2v) is 12.4. The molecule has 1 aromatic heterocycles. The Hall–Kier alpha value is -1.90. The number of nitriles is 1. The van der Waals surface area contributed by atoms with Gasteiger partial charge in [0.1, 0.15) is 11.1 Å². The summed E-state index contributed by atoms with van der Waals surface area (Å²) in [5, 5.41) is 11.7. The van der Waals surface area contributed by atoms with Gasteiger partial charge in [-0.15, -0.1) is 11.3 Å². The monoisotopic (exact) mass is 327 g/mol. The molecule has 0 aliphatic heterocycles. The minimum absolute atomic E-state index is 0.751. The molecule has 0 aliphatic carbocycles. The number of aliphatic imine (C=N–C) groups is 1. The Morgan fingerprint density at radius 2 is 1.82 bits per heavy atom. The Labute approximate surface area is 137 Å². The van der Waals surface area contributed by atoms with Crippen LogP contribution < -0.4 is 5.19 Å². The van der Waals surface area contributed by atoms with Gasteiger partial charge in [-0.25, -0.2) is 4.99 Å². The second kappa shape index (κ2) is 6.47. The van der Waals surface area contributed by atoms with Gasteiger partial charge in [-0.05, 0) is 10.8 Å². The van der Waals surface area contributed by atoms with Gasteiger partial charge in [0.15, 0.2) is 0 Å². The first kappa shape index (κ1) is 16.5. The van der Waals surface area contributed by atoms with Gasteiger partial charge in [0.2, 0.25) is 0 Å². The first-order valence-corrected chi connectivity index (χ1v) is 11.5. The molecule has 0 N–H and O–H groups in total. The Morgan fingerprint density at radius 3 is 2.32 bits per heavy atom. The third-order valence-electron chi connectivity index (χ3n) is 3.19. The van der Waals surface area contributed by atoms with E-state index in [1.165, 1.54) is 15.6 Å². The van der Waals surface area contributed by atoms with E-state index in [4.69, 9.17) is 0 Å². The van der Waals surface area contributed by atoms with Crippen molar-refractivity contribution < 1.29 is 0 Å². The van der Waals surface area contributed by atoms with Crippen LogP contribution in [0.15, 0.2) is 35.3 Å². The van der Waals surface area contributed by atoms with Gasteiger partial charge < -0.3 is 4.90 Å². The van der Waals surface area contributed by atoms with Crippen molar-refractivity contribution in [2.45, 2.75) is 19.6 Å². The van der Waals surface area contributed by atoms with E-state index in [1.54, 1.807) is 17.7 Å². The highest BCUT2D eigenvalue weighted by molar-refractivity contribution is 7.22. The number of benzene rings is 1. The van der Waals surface area contributed by atoms with Crippen molar-refractivity contribution in [2.75, 3.05) is 14.1 Å². The largest absolute Gasteiger partial charge is 0.369 e. The summed E-state index contributed by atoms with van der Waals surface area (Å²) in [4.78, 5) is 7.60. The number of hydrogen-bond acceptors (Lipinski definition) is 3. The zero-order valence-corrected chi connectivity index (χ0v) is 15.5. The highest BCUT2D eigenvalue weighted by atomic mass is 32.1. The van der Waals surface area contributed by atoms with Gasteiger partial charge in [0.25, 0.3) is 0 Å². The fourth-order valence-corrected chi connectivity index (χ4v) is 6.20. The molecule has 0 saturated carbocycles. The lowest BCUT2D eigenvalue weighted by atomic mass is 10.1. The van der Waals surface area contributed by atoms with E-state index in [-0.39, 0.29) is 0 Å². The molecule has 1 heterocycles. The van der Waals surface area contributed by atoms with Crippen LogP contribution in [0, 0.1) is 11.3 Å². The molecule has 22 heavy (non-hydrogen) atoms. The average Bonchev–Trinajstić information content (AvgIpc) is 2.84. The molecule has 0 saturated heterocycles. The second-order valence-electron chi connectivity index (χ2n) is 6.42. The first-order valence-electron chi connectivity index (χ1n) is 7.18. The van der Waals surface area contributed by atoms with Crippen LogP contribution in [0.5, 0.6) is 0 Å². The number of hydrogen-bond donors (Lipinski definition) is 0. The van der Waals surface area contributed by atoms with Crippen molar-refractivity contribution in [3.05, 3.63) is 35.9 Å². The van der Waals surface area contributed by atoms with Crippen LogP contribution in [0.1, 0.15) is 5.56 Å². The SMILES string of the molecule is CN(C)/C=N\c1sc(-c2ccccc2)c([Si](C)(C)C)c1C#N. The Kier molecular flexibility index (Phi) is 4.84. The molecule has 1 aromatic carbocycles. The normalized spacial score (nSPS) is 11.6. The molecule has 0 atom stereocenters. The maximum atomic E-state index is 9.68.